The largest absolute Gasteiger partial charge is 0.327 e. The van der Waals surface area contributed by atoms with Crippen molar-refractivity contribution in [2.45, 2.75) is 18.5 Å². The first-order valence-electron chi connectivity index (χ1n) is 3.28. The SMILES string of the molecule is CCCSc1nc(Br)c(Br)[nH]1. The van der Waals surface area contributed by atoms with Crippen LogP contribution in [0.1, 0.15) is 13.3 Å². The molecular weight excluding hydrogens is 292 g/mol. The monoisotopic (exact) mass is 298 g/mol. The van der Waals surface area contributed by atoms with Crippen molar-refractivity contribution in [1.82, 2.24) is 9.97 Å². The lowest BCUT2D eigenvalue weighted by Gasteiger charge is -1.90. The Morgan fingerprint density at radius 3 is 2.73 bits per heavy atom. The molecule has 0 aliphatic carbocycles. The zero-order valence-corrected chi connectivity index (χ0v) is 10.0. The van der Waals surface area contributed by atoms with E-state index in [1.54, 1.807) is 11.8 Å². The summed E-state index contributed by atoms with van der Waals surface area (Å²) in [7, 11) is 0. The molecule has 0 amide bonds. The van der Waals surface area contributed by atoms with Gasteiger partial charge in [0.05, 0.1) is 0 Å². The Morgan fingerprint density at radius 1 is 1.55 bits per heavy atom. The number of imidazole rings is 1. The van der Waals surface area contributed by atoms with Crippen LogP contribution in [-0.2, 0) is 0 Å². The molecule has 0 radical (unpaired) electrons. The molecule has 0 saturated carbocycles. The Bertz CT molecular complexity index is 217. The third-order valence-electron chi connectivity index (χ3n) is 1.04. The Hall–Kier alpha value is 0.520. The van der Waals surface area contributed by atoms with Gasteiger partial charge in [0, 0.05) is 5.75 Å². The van der Waals surface area contributed by atoms with E-state index in [0.717, 1.165) is 20.1 Å². The minimum atomic E-state index is 0.844. The Morgan fingerprint density at radius 2 is 2.27 bits per heavy atom. The summed E-state index contributed by atoms with van der Waals surface area (Å²) in [5, 5.41) is 0.964. The van der Waals surface area contributed by atoms with Gasteiger partial charge in [0.2, 0.25) is 0 Å². The predicted molar refractivity (Wildman–Crippen MR) is 55.0 cm³/mol. The molecule has 11 heavy (non-hydrogen) atoms. The Labute approximate surface area is 86.8 Å². The lowest BCUT2D eigenvalue weighted by atomic mass is 10.6. The normalized spacial score (nSPS) is 10.5. The minimum Gasteiger partial charge on any atom is -0.327 e. The topological polar surface area (TPSA) is 28.7 Å². The smallest absolute Gasteiger partial charge is 0.167 e. The highest BCUT2D eigenvalue weighted by molar-refractivity contribution is 9.13. The number of hydrogen-bond acceptors (Lipinski definition) is 2. The van der Waals surface area contributed by atoms with E-state index in [9.17, 15) is 0 Å². The highest BCUT2D eigenvalue weighted by Gasteiger charge is 2.03. The number of thioether (sulfide) groups is 1. The summed E-state index contributed by atoms with van der Waals surface area (Å²) in [6.45, 7) is 2.15. The van der Waals surface area contributed by atoms with Crippen molar-refractivity contribution in [3.05, 3.63) is 9.21 Å². The summed E-state index contributed by atoms with van der Waals surface area (Å²) in [6.07, 6.45) is 1.17. The Balaban J connectivity index is 2.58. The summed E-state index contributed by atoms with van der Waals surface area (Å²) in [4.78, 5) is 7.33. The third-order valence-corrected chi connectivity index (χ3v) is 3.80. The average molecular weight is 300 g/mol. The van der Waals surface area contributed by atoms with Gasteiger partial charge >= 0.3 is 0 Å². The van der Waals surface area contributed by atoms with Crippen LogP contribution in [0.2, 0.25) is 0 Å². The summed E-state index contributed by atoms with van der Waals surface area (Å²) in [5.74, 6) is 1.10. The third kappa shape index (κ3) is 2.80. The van der Waals surface area contributed by atoms with Crippen LogP contribution in [0.3, 0.4) is 0 Å². The second kappa shape index (κ2) is 4.52. The maximum atomic E-state index is 4.22. The van der Waals surface area contributed by atoms with Crippen molar-refractivity contribution in [2.24, 2.45) is 0 Å². The van der Waals surface area contributed by atoms with E-state index in [4.69, 9.17) is 0 Å². The molecule has 0 atom stereocenters. The average Bonchev–Trinajstić information content (AvgIpc) is 2.28. The fourth-order valence-corrected chi connectivity index (χ4v) is 2.11. The first-order valence-corrected chi connectivity index (χ1v) is 5.85. The molecule has 1 aromatic heterocycles. The molecule has 0 bridgehead atoms. The van der Waals surface area contributed by atoms with E-state index in [1.807, 2.05) is 0 Å². The van der Waals surface area contributed by atoms with E-state index in [2.05, 4.69) is 48.8 Å². The van der Waals surface area contributed by atoms with E-state index in [-0.39, 0.29) is 0 Å². The quantitative estimate of drug-likeness (QED) is 0.866. The molecule has 2 nitrogen and oxygen atoms in total. The zero-order chi connectivity index (χ0) is 8.27. The van der Waals surface area contributed by atoms with Gasteiger partial charge in [-0.2, -0.15) is 0 Å². The molecule has 0 unspecified atom stereocenters. The van der Waals surface area contributed by atoms with Crippen LogP contribution >= 0.6 is 43.6 Å². The fourth-order valence-electron chi connectivity index (χ4n) is 0.579. The highest BCUT2D eigenvalue weighted by Crippen LogP contribution is 2.24. The first kappa shape index (κ1) is 9.61. The highest BCUT2D eigenvalue weighted by atomic mass is 79.9. The molecule has 0 saturated heterocycles. The molecular formula is C6H8Br2N2S. The zero-order valence-electron chi connectivity index (χ0n) is 6.03. The summed E-state index contributed by atoms with van der Waals surface area (Å²) >= 11 is 8.36. The Kier molecular flexibility index (Phi) is 3.95. The number of hydrogen-bond donors (Lipinski definition) is 1. The van der Waals surface area contributed by atoms with Gasteiger partial charge in [-0.25, -0.2) is 4.98 Å². The van der Waals surface area contributed by atoms with Gasteiger partial charge in [-0.05, 0) is 38.3 Å². The van der Waals surface area contributed by atoms with Gasteiger partial charge in [-0.3, -0.25) is 0 Å². The lowest BCUT2D eigenvalue weighted by molar-refractivity contribution is 1.03. The number of rotatable bonds is 3. The molecule has 0 aromatic carbocycles. The molecule has 1 heterocycles. The molecule has 1 N–H and O–H groups in total. The van der Waals surface area contributed by atoms with E-state index < -0.39 is 0 Å². The van der Waals surface area contributed by atoms with E-state index in [0.29, 0.717) is 0 Å². The van der Waals surface area contributed by atoms with Crippen molar-refractivity contribution in [3.8, 4) is 0 Å². The van der Waals surface area contributed by atoms with Gasteiger partial charge in [0.25, 0.3) is 0 Å². The minimum absolute atomic E-state index is 0.844. The van der Waals surface area contributed by atoms with Gasteiger partial charge < -0.3 is 4.98 Å². The maximum Gasteiger partial charge on any atom is 0.167 e. The van der Waals surface area contributed by atoms with Crippen LogP contribution in [0.15, 0.2) is 14.4 Å². The second-order valence-electron chi connectivity index (χ2n) is 2.00. The van der Waals surface area contributed by atoms with Crippen LogP contribution in [-0.4, -0.2) is 15.7 Å². The van der Waals surface area contributed by atoms with E-state index >= 15 is 0 Å². The fraction of sp³-hybridized carbons (Fsp3) is 0.500. The first-order chi connectivity index (χ1) is 5.24. The van der Waals surface area contributed by atoms with Gasteiger partial charge in [-0.1, -0.05) is 18.7 Å². The molecule has 0 fully saturated rings. The van der Waals surface area contributed by atoms with Crippen LogP contribution in [0, 0.1) is 0 Å². The number of H-pyrrole nitrogens is 1. The van der Waals surface area contributed by atoms with Crippen LogP contribution in [0.25, 0.3) is 0 Å². The maximum absolute atomic E-state index is 4.22. The summed E-state index contributed by atoms with van der Waals surface area (Å²) in [5.41, 5.74) is 0. The number of aromatic nitrogens is 2. The van der Waals surface area contributed by atoms with Crippen LogP contribution in [0.4, 0.5) is 0 Å². The predicted octanol–water partition coefficient (Wildman–Crippen LogP) is 3.44. The number of nitrogens with zero attached hydrogens (tertiary/aromatic N) is 1. The van der Waals surface area contributed by atoms with Crippen molar-refractivity contribution in [3.63, 3.8) is 0 Å². The molecule has 1 aromatic rings. The van der Waals surface area contributed by atoms with Crippen molar-refractivity contribution in [2.75, 3.05) is 5.75 Å². The summed E-state index contributed by atoms with van der Waals surface area (Å²) in [6, 6.07) is 0. The molecule has 5 heteroatoms. The molecule has 0 aliphatic heterocycles. The molecule has 1 rings (SSSR count). The van der Waals surface area contributed by atoms with Gasteiger partial charge in [0.1, 0.15) is 9.21 Å². The number of aromatic amines is 1. The molecule has 0 aliphatic rings. The van der Waals surface area contributed by atoms with Crippen molar-refractivity contribution >= 4 is 43.6 Å². The van der Waals surface area contributed by atoms with Crippen LogP contribution in [0.5, 0.6) is 0 Å². The van der Waals surface area contributed by atoms with Crippen LogP contribution < -0.4 is 0 Å². The lowest BCUT2D eigenvalue weighted by Crippen LogP contribution is -1.77. The van der Waals surface area contributed by atoms with Crippen molar-refractivity contribution in [1.29, 1.82) is 0 Å². The molecule has 0 spiro atoms. The second-order valence-corrected chi connectivity index (χ2v) is 4.62. The van der Waals surface area contributed by atoms with Crippen molar-refractivity contribution < 1.29 is 0 Å². The number of halogens is 2. The van der Waals surface area contributed by atoms with Gasteiger partial charge in [-0.15, -0.1) is 0 Å². The molecule has 62 valence electrons. The number of nitrogens with one attached hydrogen (secondary N) is 1. The standard InChI is InChI=1S/C6H8Br2N2S/c1-2-3-11-6-9-4(7)5(8)10-6/h2-3H2,1H3,(H,9,10). The van der Waals surface area contributed by atoms with E-state index in [1.165, 1.54) is 6.42 Å². The summed E-state index contributed by atoms with van der Waals surface area (Å²) < 4.78 is 1.76. The van der Waals surface area contributed by atoms with Gasteiger partial charge in [0.15, 0.2) is 5.16 Å².